The number of hydrogen-bond acceptors (Lipinski definition) is 4. The Bertz CT molecular complexity index is 581. The van der Waals surface area contributed by atoms with Crippen molar-refractivity contribution in [3.63, 3.8) is 0 Å². The zero-order chi connectivity index (χ0) is 17.8. The van der Waals surface area contributed by atoms with Gasteiger partial charge in [0, 0.05) is 5.69 Å². The van der Waals surface area contributed by atoms with E-state index in [-0.39, 0.29) is 0 Å². The van der Waals surface area contributed by atoms with E-state index >= 15 is 0 Å². The molecular weight excluding hydrogens is 327 g/mol. The van der Waals surface area contributed by atoms with Gasteiger partial charge in [0.1, 0.15) is 29.8 Å². The maximum absolute atomic E-state index is 13.8. The van der Waals surface area contributed by atoms with Crippen LogP contribution in [0.15, 0.2) is 12.1 Å². The van der Waals surface area contributed by atoms with Gasteiger partial charge in [0.15, 0.2) is 0 Å². The number of benzene rings is 1. The Morgan fingerprint density at radius 3 is 2.17 bits per heavy atom. The first-order valence-corrected chi connectivity index (χ1v) is 6.23. The Labute approximate surface area is 127 Å². The summed E-state index contributed by atoms with van der Waals surface area (Å²) in [7, 11) is 1.05. The van der Waals surface area contributed by atoms with Crippen molar-refractivity contribution < 1.29 is 36.3 Å². The van der Waals surface area contributed by atoms with E-state index in [1.807, 2.05) is 10.6 Å². The lowest BCUT2D eigenvalue weighted by atomic mass is 10.1. The second-order valence-corrected chi connectivity index (χ2v) is 4.48. The van der Waals surface area contributed by atoms with Crippen LogP contribution in [0.3, 0.4) is 0 Å². The van der Waals surface area contributed by atoms with E-state index in [2.05, 4.69) is 4.74 Å². The number of methoxy groups -OCH3 is 1. The Morgan fingerprint density at radius 1 is 1.22 bits per heavy atom. The summed E-state index contributed by atoms with van der Waals surface area (Å²) in [5.41, 5.74) is -1.49. The first-order chi connectivity index (χ1) is 10.6. The van der Waals surface area contributed by atoms with Crippen molar-refractivity contribution in [2.24, 2.45) is 0 Å². The summed E-state index contributed by atoms with van der Waals surface area (Å²) < 4.78 is 69.0. The molecule has 0 radical (unpaired) electrons. The maximum atomic E-state index is 13.8. The van der Waals surface area contributed by atoms with Gasteiger partial charge in [-0.2, -0.15) is 13.2 Å². The lowest BCUT2D eigenvalue weighted by molar-refractivity contribution is -0.139. The van der Waals surface area contributed by atoms with Crippen LogP contribution < -0.4 is 10.6 Å². The number of ether oxygens (including phenoxy) is 1. The van der Waals surface area contributed by atoms with Crippen LogP contribution in [0.5, 0.6) is 0 Å². The van der Waals surface area contributed by atoms with Crippen LogP contribution >= 0.6 is 0 Å². The van der Waals surface area contributed by atoms with Crippen LogP contribution in [0.1, 0.15) is 17.3 Å². The highest BCUT2D eigenvalue weighted by Gasteiger charge is 2.36. The van der Waals surface area contributed by atoms with Crippen molar-refractivity contribution in [1.29, 1.82) is 0 Å². The van der Waals surface area contributed by atoms with Gasteiger partial charge in [0.05, 0.1) is 7.11 Å². The Morgan fingerprint density at radius 2 is 1.74 bits per heavy atom. The molecule has 23 heavy (non-hydrogen) atoms. The Hall–Kier alpha value is -2.39. The summed E-state index contributed by atoms with van der Waals surface area (Å²) in [5.74, 6) is -4.81. The number of amides is 1. The van der Waals surface area contributed by atoms with Crippen LogP contribution in [0.2, 0.25) is 0 Å². The molecule has 0 aromatic heterocycles. The van der Waals surface area contributed by atoms with Crippen molar-refractivity contribution >= 4 is 17.6 Å². The zero-order valence-corrected chi connectivity index (χ0v) is 12.1. The highest BCUT2D eigenvalue weighted by atomic mass is 19.4. The summed E-state index contributed by atoms with van der Waals surface area (Å²) >= 11 is 0. The molecule has 1 aromatic carbocycles. The van der Waals surface area contributed by atoms with E-state index in [1.54, 1.807) is 0 Å². The average molecular weight is 340 g/mol. The third kappa shape index (κ3) is 5.08. The van der Waals surface area contributed by atoms with Crippen LogP contribution in [0.4, 0.5) is 27.6 Å². The van der Waals surface area contributed by atoms with Crippen LogP contribution in [0, 0.1) is 11.6 Å². The molecule has 0 heterocycles. The van der Waals surface area contributed by atoms with Crippen LogP contribution in [-0.4, -0.2) is 37.7 Å². The van der Waals surface area contributed by atoms with Gasteiger partial charge in [-0.1, -0.05) is 0 Å². The summed E-state index contributed by atoms with van der Waals surface area (Å²) in [6, 6.07) is -0.934. The molecule has 10 heteroatoms. The topological polar surface area (TPSA) is 67.4 Å². The van der Waals surface area contributed by atoms with Gasteiger partial charge in [0.2, 0.25) is 0 Å². The summed E-state index contributed by atoms with van der Waals surface area (Å²) in [5, 5.41) is 3.80. The molecule has 0 aliphatic rings. The number of anilines is 1. The number of carbonyl (C=O) groups is 2. The van der Waals surface area contributed by atoms with Crippen molar-refractivity contribution in [3.8, 4) is 0 Å². The van der Waals surface area contributed by atoms with Crippen molar-refractivity contribution in [1.82, 2.24) is 5.32 Å². The van der Waals surface area contributed by atoms with Crippen molar-refractivity contribution in [3.05, 3.63) is 29.3 Å². The molecule has 2 N–H and O–H groups in total. The number of halogens is 5. The van der Waals surface area contributed by atoms with E-state index in [1.165, 1.54) is 0 Å². The molecule has 1 amide bonds. The van der Waals surface area contributed by atoms with Gasteiger partial charge in [0.25, 0.3) is 5.91 Å². The average Bonchev–Trinajstić information content (AvgIpc) is 2.42. The molecule has 0 spiro atoms. The van der Waals surface area contributed by atoms with E-state index < -0.39 is 53.5 Å². The Balaban J connectivity index is 2.93. The van der Waals surface area contributed by atoms with E-state index in [9.17, 15) is 31.5 Å². The van der Waals surface area contributed by atoms with Crippen LogP contribution in [0.25, 0.3) is 0 Å². The monoisotopic (exact) mass is 340 g/mol. The molecular formula is C13H13F5N2O3. The minimum absolute atomic E-state index is 0.477. The number of nitrogens with one attached hydrogen (secondary N) is 2. The zero-order valence-electron chi connectivity index (χ0n) is 12.1. The fourth-order valence-electron chi connectivity index (χ4n) is 1.52. The van der Waals surface area contributed by atoms with Crippen molar-refractivity contribution in [2.75, 3.05) is 19.0 Å². The number of rotatable bonds is 5. The summed E-state index contributed by atoms with van der Waals surface area (Å²) in [6.07, 6.45) is -4.61. The normalized spacial score (nSPS) is 12.5. The number of esters is 1. The first kappa shape index (κ1) is 18.7. The van der Waals surface area contributed by atoms with Gasteiger partial charge in [-0.15, -0.1) is 0 Å². The second-order valence-electron chi connectivity index (χ2n) is 4.48. The predicted octanol–water partition coefficient (Wildman–Crippen LogP) is 2.23. The maximum Gasteiger partial charge on any atom is 0.408 e. The largest absolute Gasteiger partial charge is 0.468 e. The molecule has 0 fully saturated rings. The van der Waals surface area contributed by atoms with Gasteiger partial charge in [-0.25, -0.2) is 8.78 Å². The fraction of sp³-hybridized carbons (Fsp3) is 0.385. The van der Waals surface area contributed by atoms with Crippen LogP contribution in [-0.2, 0) is 9.53 Å². The van der Waals surface area contributed by atoms with E-state index in [0.717, 1.165) is 14.0 Å². The SMILES string of the molecule is COC(=O)CNC(=O)c1c(F)cc(NC(C)C(F)(F)F)cc1F. The third-order valence-corrected chi connectivity index (χ3v) is 2.76. The van der Waals surface area contributed by atoms with Crippen molar-refractivity contribution in [2.45, 2.75) is 19.1 Å². The van der Waals surface area contributed by atoms with Gasteiger partial charge in [-0.3, -0.25) is 9.59 Å². The molecule has 0 saturated heterocycles. The molecule has 0 aliphatic carbocycles. The molecule has 1 rings (SSSR count). The standard InChI is InChI=1S/C13H13F5N2O3/c1-6(13(16,17)18)20-7-3-8(14)11(9(15)4-7)12(22)19-5-10(21)23-2/h3-4,6,20H,5H2,1-2H3,(H,19,22). The number of alkyl halides is 3. The highest BCUT2D eigenvalue weighted by molar-refractivity contribution is 5.96. The summed E-state index contributed by atoms with van der Waals surface area (Å²) in [4.78, 5) is 22.4. The van der Waals surface area contributed by atoms with Gasteiger partial charge >= 0.3 is 12.1 Å². The second kappa shape index (κ2) is 7.25. The molecule has 0 saturated carbocycles. The molecule has 0 bridgehead atoms. The molecule has 5 nitrogen and oxygen atoms in total. The molecule has 1 aromatic rings. The lowest BCUT2D eigenvalue weighted by Crippen LogP contribution is -2.33. The quantitative estimate of drug-likeness (QED) is 0.637. The molecule has 1 unspecified atom stereocenters. The Kier molecular flexibility index (Phi) is 5.88. The molecule has 128 valence electrons. The fourth-order valence-corrected chi connectivity index (χ4v) is 1.52. The first-order valence-electron chi connectivity index (χ1n) is 6.23. The summed E-state index contributed by atoms with van der Waals surface area (Å²) in [6.45, 7) is 0.159. The third-order valence-electron chi connectivity index (χ3n) is 2.76. The van der Waals surface area contributed by atoms with E-state index in [0.29, 0.717) is 12.1 Å². The van der Waals surface area contributed by atoms with E-state index in [4.69, 9.17) is 0 Å². The minimum Gasteiger partial charge on any atom is -0.468 e. The highest BCUT2D eigenvalue weighted by Crippen LogP contribution is 2.25. The predicted molar refractivity (Wildman–Crippen MR) is 69.8 cm³/mol. The smallest absolute Gasteiger partial charge is 0.408 e. The number of hydrogen-bond donors (Lipinski definition) is 2. The molecule has 0 aliphatic heterocycles. The lowest BCUT2D eigenvalue weighted by Gasteiger charge is -2.19. The van der Waals surface area contributed by atoms with Gasteiger partial charge in [-0.05, 0) is 19.1 Å². The minimum atomic E-state index is -4.61. The van der Waals surface area contributed by atoms with Gasteiger partial charge < -0.3 is 15.4 Å². The molecule has 1 atom stereocenters. The number of carbonyl (C=O) groups excluding carboxylic acids is 2.